The fourth-order valence-corrected chi connectivity index (χ4v) is 3.11. The highest BCUT2D eigenvalue weighted by molar-refractivity contribution is 6.30. The number of aromatic nitrogens is 2. The first-order chi connectivity index (χ1) is 14.5. The third-order valence-corrected chi connectivity index (χ3v) is 4.83. The quantitative estimate of drug-likeness (QED) is 0.368. The van der Waals surface area contributed by atoms with E-state index in [0.717, 1.165) is 16.8 Å². The Morgan fingerprint density at radius 2 is 1.50 bits per heavy atom. The maximum atomic E-state index is 12.3. The minimum atomic E-state index is -0.447. The lowest BCUT2D eigenvalue weighted by Crippen LogP contribution is -2.10. The second kappa shape index (κ2) is 8.43. The van der Waals surface area contributed by atoms with Gasteiger partial charge in [-0.2, -0.15) is 5.10 Å². The number of nitrogens with zero attached hydrogens (tertiary/aromatic N) is 2. The monoisotopic (exact) mass is 418 g/mol. The van der Waals surface area contributed by atoms with Crippen LogP contribution in [0.15, 0.2) is 78.9 Å². The van der Waals surface area contributed by atoms with Gasteiger partial charge in [0.05, 0.1) is 18.5 Å². The molecule has 30 heavy (non-hydrogen) atoms. The first-order valence-electron chi connectivity index (χ1n) is 9.33. The first-order valence-corrected chi connectivity index (χ1v) is 9.70. The molecule has 0 bridgehead atoms. The lowest BCUT2D eigenvalue weighted by Gasteiger charge is -2.07. The van der Waals surface area contributed by atoms with Crippen LogP contribution in [0.2, 0.25) is 5.02 Å². The summed E-state index contributed by atoms with van der Waals surface area (Å²) in [6.45, 7) is 2.01. The van der Waals surface area contributed by atoms with Gasteiger partial charge in [-0.25, -0.2) is 9.48 Å². The number of aryl methyl sites for hydroxylation is 1. The molecule has 1 heterocycles. The van der Waals surface area contributed by atoms with Crippen LogP contribution in [0.5, 0.6) is 11.5 Å². The predicted molar refractivity (Wildman–Crippen MR) is 117 cm³/mol. The zero-order valence-corrected chi connectivity index (χ0v) is 17.3. The zero-order chi connectivity index (χ0) is 21.1. The van der Waals surface area contributed by atoms with Gasteiger partial charge in [-0.3, -0.25) is 0 Å². The topological polar surface area (TPSA) is 53.4 Å². The molecule has 0 amide bonds. The highest BCUT2D eigenvalue weighted by atomic mass is 35.5. The van der Waals surface area contributed by atoms with Crippen molar-refractivity contribution in [3.8, 4) is 28.4 Å². The Bertz CT molecular complexity index is 1160. The van der Waals surface area contributed by atoms with Gasteiger partial charge in [-0.15, -0.1) is 0 Å². The summed E-state index contributed by atoms with van der Waals surface area (Å²) in [4.78, 5) is 12.3. The Morgan fingerprint density at radius 1 is 0.900 bits per heavy atom. The lowest BCUT2D eigenvalue weighted by molar-refractivity contribution is 0.0590. The number of halogens is 1. The normalized spacial score (nSPS) is 10.6. The molecule has 5 nitrogen and oxygen atoms in total. The summed E-state index contributed by atoms with van der Waals surface area (Å²) in [5.41, 5.74) is 3.79. The minimum Gasteiger partial charge on any atom is -0.464 e. The summed E-state index contributed by atoms with van der Waals surface area (Å²) in [5.74, 6) is 0.938. The van der Waals surface area contributed by atoms with Crippen molar-refractivity contribution in [3.63, 3.8) is 0 Å². The van der Waals surface area contributed by atoms with E-state index in [2.05, 4.69) is 5.10 Å². The van der Waals surface area contributed by atoms with Crippen LogP contribution in [0.25, 0.3) is 16.9 Å². The Labute approximate surface area is 179 Å². The minimum absolute atomic E-state index is 0.359. The van der Waals surface area contributed by atoms with Gasteiger partial charge in [-0.05, 0) is 73.7 Å². The molecular formula is C24H19ClN2O3. The number of benzene rings is 3. The number of carbonyl (C=O) groups is 1. The van der Waals surface area contributed by atoms with Gasteiger partial charge >= 0.3 is 5.97 Å². The van der Waals surface area contributed by atoms with E-state index < -0.39 is 5.97 Å². The Balaban J connectivity index is 1.64. The second-order valence-electron chi connectivity index (χ2n) is 6.73. The Hall–Kier alpha value is -3.57. The van der Waals surface area contributed by atoms with Crippen molar-refractivity contribution >= 4 is 17.6 Å². The zero-order valence-electron chi connectivity index (χ0n) is 16.5. The summed E-state index contributed by atoms with van der Waals surface area (Å²) in [5, 5.41) is 5.29. The van der Waals surface area contributed by atoms with Gasteiger partial charge in [0.15, 0.2) is 5.69 Å². The molecule has 0 unspecified atom stereocenters. The molecule has 0 atom stereocenters. The van der Waals surface area contributed by atoms with Gasteiger partial charge in [0.1, 0.15) is 11.5 Å². The first kappa shape index (κ1) is 19.7. The van der Waals surface area contributed by atoms with E-state index in [9.17, 15) is 4.79 Å². The molecule has 0 saturated carbocycles. The average Bonchev–Trinajstić information content (AvgIpc) is 3.21. The van der Waals surface area contributed by atoms with Crippen molar-refractivity contribution in [2.45, 2.75) is 6.92 Å². The SMILES string of the molecule is COC(=O)c1cc(-c2ccc(Oc3ccc(Cl)cc3)cc2)nn1-c1ccc(C)cc1. The van der Waals surface area contributed by atoms with Crippen LogP contribution in [-0.4, -0.2) is 22.9 Å². The van der Waals surface area contributed by atoms with E-state index in [0.29, 0.717) is 27.9 Å². The second-order valence-corrected chi connectivity index (χ2v) is 7.17. The van der Waals surface area contributed by atoms with Crippen molar-refractivity contribution in [2.75, 3.05) is 7.11 Å². The van der Waals surface area contributed by atoms with Gasteiger partial charge in [0.25, 0.3) is 0 Å². The van der Waals surface area contributed by atoms with Crippen molar-refractivity contribution in [3.05, 3.63) is 95.1 Å². The fraction of sp³-hybridized carbons (Fsp3) is 0.0833. The van der Waals surface area contributed by atoms with Crippen LogP contribution in [0.4, 0.5) is 0 Å². The third kappa shape index (κ3) is 4.21. The van der Waals surface area contributed by atoms with E-state index in [1.54, 1.807) is 22.9 Å². The number of ether oxygens (including phenoxy) is 2. The molecule has 0 aliphatic carbocycles. The molecule has 6 heteroatoms. The molecule has 0 aliphatic rings. The van der Waals surface area contributed by atoms with E-state index in [4.69, 9.17) is 21.1 Å². The van der Waals surface area contributed by atoms with E-state index >= 15 is 0 Å². The van der Waals surface area contributed by atoms with Crippen LogP contribution in [0, 0.1) is 6.92 Å². The van der Waals surface area contributed by atoms with Crippen LogP contribution < -0.4 is 4.74 Å². The average molecular weight is 419 g/mol. The standard InChI is InChI=1S/C24H19ClN2O3/c1-16-3-9-19(10-4-16)27-23(24(28)29-2)15-22(26-27)17-5-11-20(12-6-17)30-21-13-7-18(25)8-14-21/h3-15H,1-2H3. The summed E-state index contributed by atoms with van der Waals surface area (Å²) >= 11 is 5.91. The maximum Gasteiger partial charge on any atom is 0.356 e. The maximum absolute atomic E-state index is 12.3. The molecule has 150 valence electrons. The number of rotatable bonds is 5. The predicted octanol–water partition coefficient (Wildman–Crippen LogP) is 6.08. The molecule has 4 aromatic rings. The molecule has 0 radical (unpaired) electrons. The Kier molecular flexibility index (Phi) is 5.55. The molecular weight excluding hydrogens is 400 g/mol. The summed E-state index contributed by atoms with van der Waals surface area (Å²) in [6.07, 6.45) is 0. The van der Waals surface area contributed by atoms with Crippen LogP contribution in [0.3, 0.4) is 0 Å². The van der Waals surface area contributed by atoms with Gasteiger partial charge < -0.3 is 9.47 Å². The van der Waals surface area contributed by atoms with Crippen LogP contribution >= 0.6 is 11.6 Å². The number of methoxy groups -OCH3 is 1. The molecule has 4 rings (SSSR count). The van der Waals surface area contributed by atoms with Crippen LogP contribution in [-0.2, 0) is 4.74 Å². The van der Waals surface area contributed by atoms with Crippen molar-refractivity contribution in [1.82, 2.24) is 9.78 Å². The van der Waals surface area contributed by atoms with E-state index in [1.807, 2.05) is 67.6 Å². The highest BCUT2D eigenvalue weighted by Crippen LogP contribution is 2.27. The number of hydrogen-bond donors (Lipinski definition) is 0. The van der Waals surface area contributed by atoms with E-state index in [1.165, 1.54) is 7.11 Å². The number of esters is 1. The summed E-state index contributed by atoms with van der Waals surface area (Å²) in [6, 6.07) is 24.2. The molecule has 0 spiro atoms. The third-order valence-electron chi connectivity index (χ3n) is 4.58. The lowest BCUT2D eigenvalue weighted by atomic mass is 10.1. The number of hydrogen-bond acceptors (Lipinski definition) is 4. The number of carbonyl (C=O) groups excluding carboxylic acids is 1. The van der Waals surface area contributed by atoms with Crippen molar-refractivity contribution in [2.24, 2.45) is 0 Å². The van der Waals surface area contributed by atoms with Gasteiger partial charge in [0.2, 0.25) is 0 Å². The molecule has 0 fully saturated rings. The van der Waals surface area contributed by atoms with Gasteiger partial charge in [0, 0.05) is 10.6 Å². The summed E-state index contributed by atoms with van der Waals surface area (Å²) in [7, 11) is 1.36. The van der Waals surface area contributed by atoms with Crippen LogP contribution in [0.1, 0.15) is 16.1 Å². The molecule has 3 aromatic carbocycles. The summed E-state index contributed by atoms with van der Waals surface area (Å²) < 4.78 is 12.4. The molecule has 1 aromatic heterocycles. The fourth-order valence-electron chi connectivity index (χ4n) is 2.99. The largest absolute Gasteiger partial charge is 0.464 e. The van der Waals surface area contributed by atoms with Gasteiger partial charge in [-0.1, -0.05) is 29.3 Å². The van der Waals surface area contributed by atoms with Crippen molar-refractivity contribution < 1.29 is 14.3 Å². The molecule has 0 N–H and O–H groups in total. The molecule has 0 saturated heterocycles. The van der Waals surface area contributed by atoms with E-state index in [-0.39, 0.29) is 0 Å². The van der Waals surface area contributed by atoms with Crippen molar-refractivity contribution in [1.29, 1.82) is 0 Å². The smallest absolute Gasteiger partial charge is 0.356 e. The molecule has 0 aliphatic heterocycles. The highest BCUT2D eigenvalue weighted by Gasteiger charge is 2.18. The Morgan fingerprint density at radius 3 is 2.10 bits per heavy atom.